The molecule has 0 saturated carbocycles. The first kappa shape index (κ1) is 25.3. The number of halogens is 4. The van der Waals surface area contributed by atoms with Crippen LogP contribution in [-0.2, 0) is 16.0 Å². The first-order valence-corrected chi connectivity index (χ1v) is 12.4. The van der Waals surface area contributed by atoms with Gasteiger partial charge in [-0.1, -0.05) is 23.7 Å². The summed E-state index contributed by atoms with van der Waals surface area (Å²) in [5.74, 6) is -1.40. The fraction of sp³-hybridized carbons (Fsp3) is 0.440. The molecular formula is C25H26ClF3N6O2. The monoisotopic (exact) mass is 534 g/mol. The minimum absolute atomic E-state index is 0.0305. The summed E-state index contributed by atoms with van der Waals surface area (Å²) in [5.41, 5.74) is 3.07. The van der Waals surface area contributed by atoms with Crippen LogP contribution >= 0.6 is 11.6 Å². The molecule has 12 heteroatoms. The molecule has 2 aliphatic rings. The van der Waals surface area contributed by atoms with Crippen molar-refractivity contribution in [1.29, 1.82) is 0 Å². The Hall–Kier alpha value is -3.34. The van der Waals surface area contributed by atoms with Crippen LogP contribution in [-0.4, -0.2) is 69.6 Å². The number of hydrogen-bond donors (Lipinski definition) is 0. The number of carbonyl (C=O) groups is 2. The quantitative estimate of drug-likeness (QED) is 0.496. The Kier molecular flexibility index (Phi) is 6.51. The summed E-state index contributed by atoms with van der Waals surface area (Å²) in [6, 6.07) is 5.67. The number of rotatable bonds is 4. The second-order valence-corrected chi connectivity index (χ2v) is 9.96. The molecule has 5 rings (SSSR count). The van der Waals surface area contributed by atoms with Gasteiger partial charge in [0.2, 0.25) is 11.8 Å². The highest BCUT2D eigenvalue weighted by molar-refractivity contribution is 6.29. The lowest BCUT2D eigenvalue weighted by molar-refractivity contribution is -0.191. The molecule has 0 aliphatic carbocycles. The smallest absolute Gasteiger partial charge is 0.345 e. The number of piperidine rings is 1. The van der Waals surface area contributed by atoms with Crippen LogP contribution in [0.5, 0.6) is 0 Å². The lowest BCUT2D eigenvalue weighted by Gasteiger charge is -2.36. The van der Waals surface area contributed by atoms with E-state index in [1.807, 2.05) is 4.90 Å². The van der Waals surface area contributed by atoms with E-state index >= 15 is 0 Å². The van der Waals surface area contributed by atoms with E-state index < -0.39 is 24.0 Å². The van der Waals surface area contributed by atoms with Crippen LogP contribution in [0.3, 0.4) is 0 Å². The number of anilines is 2. The maximum Gasteiger partial charge on any atom is 0.413 e. The van der Waals surface area contributed by atoms with E-state index in [9.17, 15) is 22.8 Å². The van der Waals surface area contributed by atoms with Crippen molar-refractivity contribution < 1.29 is 22.8 Å². The summed E-state index contributed by atoms with van der Waals surface area (Å²) in [5, 5.41) is 4.65. The van der Waals surface area contributed by atoms with Gasteiger partial charge < -0.3 is 14.7 Å². The Morgan fingerprint density at radius 1 is 1.22 bits per heavy atom. The molecule has 0 spiro atoms. The highest BCUT2D eigenvalue weighted by Crippen LogP contribution is 2.40. The molecule has 3 aromatic rings. The average molecular weight is 535 g/mol. The SMILES string of the molecule is CN1C[C@H](C(=O)N(C)[C@@H](c2ccc(N3CCCc4c3cnc3cc(Cl)nn43)cc2)C(F)(F)F)CCC1=O. The number of nitrogens with zero attached hydrogens (tertiary/aromatic N) is 6. The van der Waals surface area contributed by atoms with Crippen molar-refractivity contribution in [3.63, 3.8) is 0 Å². The van der Waals surface area contributed by atoms with Gasteiger partial charge in [-0.2, -0.15) is 18.3 Å². The third-order valence-corrected chi connectivity index (χ3v) is 7.34. The number of carbonyl (C=O) groups excluding carboxylic acids is 2. The van der Waals surface area contributed by atoms with E-state index in [0.29, 0.717) is 23.0 Å². The summed E-state index contributed by atoms with van der Waals surface area (Å²) >= 11 is 6.05. The molecule has 1 fully saturated rings. The number of aromatic nitrogens is 3. The molecule has 37 heavy (non-hydrogen) atoms. The van der Waals surface area contributed by atoms with E-state index in [0.717, 1.165) is 29.1 Å². The number of fused-ring (bicyclic) bond motifs is 3. The van der Waals surface area contributed by atoms with Gasteiger partial charge in [0.25, 0.3) is 0 Å². The van der Waals surface area contributed by atoms with Gasteiger partial charge in [0, 0.05) is 45.4 Å². The summed E-state index contributed by atoms with van der Waals surface area (Å²) in [6.45, 7) is 0.784. The molecule has 0 radical (unpaired) electrons. The molecule has 0 bridgehead atoms. The Morgan fingerprint density at radius 2 is 1.95 bits per heavy atom. The van der Waals surface area contributed by atoms with Crippen molar-refractivity contribution in [1.82, 2.24) is 24.4 Å². The molecule has 1 saturated heterocycles. The highest BCUT2D eigenvalue weighted by atomic mass is 35.5. The van der Waals surface area contributed by atoms with E-state index in [2.05, 4.69) is 10.1 Å². The third kappa shape index (κ3) is 4.72. The Balaban J connectivity index is 1.42. The molecule has 0 unspecified atom stereocenters. The van der Waals surface area contributed by atoms with Crippen LogP contribution in [0.15, 0.2) is 36.5 Å². The van der Waals surface area contributed by atoms with Crippen LogP contribution in [0.4, 0.5) is 24.5 Å². The molecule has 2 aromatic heterocycles. The summed E-state index contributed by atoms with van der Waals surface area (Å²) in [7, 11) is 2.74. The van der Waals surface area contributed by atoms with Gasteiger partial charge in [0.1, 0.15) is 0 Å². The Labute approximate surface area is 216 Å². The van der Waals surface area contributed by atoms with Crippen molar-refractivity contribution >= 4 is 40.4 Å². The molecular weight excluding hydrogens is 509 g/mol. The van der Waals surface area contributed by atoms with Crippen LogP contribution in [0.2, 0.25) is 5.15 Å². The van der Waals surface area contributed by atoms with Crippen LogP contribution in [0, 0.1) is 5.92 Å². The highest BCUT2D eigenvalue weighted by Gasteiger charge is 2.46. The molecule has 2 aliphatic heterocycles. The zero-order valence-electron chi connectivity index (χ0n) is 20.4. The topological polar surface area (TPSA) is 74.1 Å². The van der Waals surface area contributed by atoms with E-state index in [1.54, 1.807) is 36.0 Å². The first-order chi connectivity index (χ1) is 17.5. The van der Waals surface area contributed by atoms with Crippen molar-refractivity contribution in [2.75, 3.05) is 32.1 Å². The fourth-order valence-electron chi connectivity index (χ4n) is 5.29. The summed E-state index contributed by atoms with van der Waals surface area (Å²) in [4.78, 5) is 33.4. The van der Waals surface area contributed by atoms with Gasteiger partial charge in [0.05, 0.1) is 23.5 Å². The predicted octanol–water partition coefficient (Wildman–Crippen LogP) is 4.40. The van der Waals surface area contributed by atoms with Crippen molar-refractivity contribution in [2.45, 2.75) is 37.9 Å². The summed E-state index contributed by atoms with van der Waals surface area (Å²) in [6.07, 6.45) is -0.956. The number of benzene rings is 1. The number of alkyl halides is 3. The number of aryl methyl sites for hydroxylation is 1. The molecule has 1 aromatic carbocycles. The van der Waals surface area contributed by atoms with Gasteiger partial charge in [-0.15, -0.1) is 0 Å². The second kappa shape index (κ2) is 9.51. The average Bonchev–Trinajstić information content (AvgIpc) is 3.25. The zero-order chi connectivity index (χ0) is 26.5. The lowest BCUT2D eigenvalue weighted by atomic mass is 9.95. The maximum absolute atomic E-state index is 14.2. The normalized spacial score (nSPS) is 19.2. The Bertz CT molecular complexity index is 1340. The first-order valence-electron chi connectivity index (χ1n) is 12.0. The van der Waals surface area contributed by atoms with Crippen molar-refractivity contribution in [3.8, 4) is 0 Å². The van der Waals surface area contributed by atoms with Gasteiger partial charge >= 0.3 is 6.18 Å². The summed E-state index contributed by atoms with van der Waals surface area (Å²) < 4.78 is 44.4. The standard InChI is InChI=1S/C25H26ClF3N6O2/c1-32-14-16(7-10-22(32)36)24(37)33(2)23(25(27,28)29)15-5-8-17(9-6-15)34-11-3-4-18-19(34)13-30-21-12-20(26)31-35(18)21/h5-6,8-9,12-13,16,23H,3-4,7,10-11,14H2,1-2H3/t16-,23+/m1/s1. The predicted molar refractivity (Wildman–Crippen MR) is 132 cm³/mol. The number of likely N-dealkylation sites (tertiary alicyclic amines) is 1. The lowest BCUT2D eigenvalue weighted by Crippen LogP contribution is -2.47. The van der Waals surface area contributed by atoms with Gasteiger partial charge in [-0.25, -0.2) is 9.50 Å². The molecule has 2 amide bonds. The third-order valence-electron chi connectivity index (χ3n) is 7.16. The molecule has 4 heterocycles. The van der Waals surface area contributed by atoms with Crippen molar-refractivity contribution in [3.05, 3.63) is 52.9 Å². The molecule has 8 nitrogen and oxygen atoms in total. The molecule has 0 N–H and O–H groups in total. The number of amides is 2. The number of hydrogen-bond acceptors (Lipinski definition) is 5. The van der Waals surface area contributed by atoms with E-state index in [4.69, 9.17) is 11.6 Å². The fourth-order valence-corrected chi connectivity index (χ4v) is 5.47. The van der Waals surface area contributed by atoms with Gasteiger partial charge in [-0.3, -0.25) is 9.59 Å². The zero-order valence-corrected chi connectivity index (χ0v) is 21.1. The minimum atomic E-state index is -4.67. The Morgan fingerprint density at radius 3 is 2.62 bits per heavy atom. The maximum atomic E-state index is 14.2. The van der Waals surface area contributed by atoms with Crippen LogP contribution in [0.25, 0.3) is 5.65 Å². The molecule has 196 valence electrons. The van der Waals surface area contributed by atoms with E-state index in [-0.39, 0.29) is 30.9 Å². The molecule has 2 atom stereocenters. The van der Waals surface area contributed by atoms with Gasteiger partial charge in [-0.05, 0) is 37.0 Å². The van der Waals surface area contributed by atoms with Crippen LogP contribution < -0.4 is 4.90 Å². The second-order valence-electron chi connectivity index (χ2n) is 9.58. The van der Waals surface area contributed by atoms with E-state index in [1.165, 1.54) is 24.1 Å². The minimum Gasteiger partial charge on any atom is -0.345 e. The van der Waals surface area contributed by atoms with Crippen molar-refractivity contribution in [2.24, 2.45) is 5.92 Å². The van der Waals surface area contributed by atoms with Gasteiger partial charge in [0.15, 0.2) is 16.8 Å². The van der Waals surface area contributed by atoms with Crippen LogP contribution in [0.1, 0.15) is 36.6 Å². The largest absolute Gasteiger partial charge is 0.413 e.